The predicted octanol–water partition coefficient (Wildman–Crippen LogP) is 1.70. The number of aliphatic hydroxyl groups is 1. The standard InChI is InChI=1S/C12H17F2NO2/c1-8(2)15-10(6-16)7-17-12-4-3-9(13)5-11(12)14/h3-5,8,10,15-16H,6-7H2,1-2H3. The molecule has 0 aliphatic carbocycles. The highest BCUT2D eigenvalue weighted by molar-refractivity contribution is 5.24. The molecule has 0 fully saturated rings. The normalized spacial score (nSPS) is 12.8. The Morgan fingerprint density at radius 2 is 2.06 bits per heavy atom. The lowest BCUT2D eigenvalue weighted by Crippen LogP contribution is -2.41. The van der Waals surface area contributed by atoms with E-state index in [2.05, 4.69) is 5.32 Å². The van der Waals surface area contributed by atoms with E-state index in [4.69, 9.17) is 9.84 Å². The number of rotatable bonds is 6. The Labute approximate surface area is 99.4 Å². The van der Waals surface area contributed by atoms with E-state index < -0.39 is 11.6 Å². The van der Waals surface area contributed by atoms with Crippen LogP contribution in [0.5, 0.6) is 5.75 Å². The van der Waals surface area contributed by atoms with Crippen molar-refractivity contribution in [3.8, 4) is 5.75 Å². The third kappa shape index (κ3) is 4.66. The molecule has 1 aromatic rings. The van der Waals surface area contributed by atoms with Crippen molar-refractivity contribution >= 4 is 0 Å². The van der Waals surface area contributed by atoms with E-state index in [9.17, 15) is 8.78 Å². The molecule has 0 radical (unpaired) electrons. The van der Waals surface area contributed by atoms with Crippen LogP contribution in [0.15, 0.2) is 18.2 Å². The molecule has 0 aromatic heterocycles. The van der Waals surface area contributed by atoms with E-state index in [-0.39, 0.29) is 31.0 Å². The summed E-state index contributed by atoms with van der Waals surface area (Å²) in [7, 11) is 0. The highest BCUT2D eigenvalue weighted by Gasteiger charge is 2.11. The molecule has 2 N–H and O–H groups in total. The lowest BCUT2D eigenvalue weighted by molar-refractivity contribution is 0.173. The number of aliphatic hydroxyl groups excluding tert-OH is 1. The van der Waals surface area contributed by atoms with Gasteiger partial charge < -0.3 is 15.2 Å². The van der Waals surface area contributed by atoms with Crippen LogP contribution in [0.1, 0.15) is 13.8 Å². The quantitative estimate of drug-likeness (QED) is 0.801. The predicted molar refractivity (Wildman–Crippen MR) is 61.0 cm³/mol. The SMILES string of the molecule is CC(C)NC(CO)COc1ccc(F)cc1F. The molecule has 0 spiro atoms. The minimum absolute atomic E-state index is 0.0181. The van der Waals surface area contributed by atoms with Gasteiger partial charge in [-0.15, -0.1) is 0 Å². The Morgan fingerprint density at radius 3 is 2.59 bits per heavy atom. The smallest absolute Gasteiger partial charge is 0.167 e. The Morgan fingerprint density at radius 1 is 1.35 bits per heavy atom. The summed E-state index contributed by atoms with van der Waals surface area (Å²) >= 11 is 0. The maximum absolute atomic E-state index is 13.2. The number of hydrogen-bond acceptors (Lipinski definition) is 3. The molecule has 0 amide bonds. The highest BCUT2D eigenvalue weighted by Crippen LogP contribution is 2.17. The van der Waals surface area contributed by atoms with E-state index in [1.807, 2.05) is 13.8 Å². The van der Waals surface area contributed by atoms with Crippen molar-refractivity contribution in [1.29, 1.82) is 0 Å². The summed E-state index contributed by atoms with van der Waals surface area (Å²) in [4.78, 5) is 0. The second-order valence-corrected chi connectivity index (χ2v) is 4.09. The van der Waals surface area contributed by atoms with E-state index in [0.717, 1.165) is 12.1 Å². The van der Waals surface area contributed by atoms with Crippen molar-refractivity contribution in [2.75, 3.05) is 13.2 Å². The topological polar surface area (TPSA) is 41.5 Å². The number of hydrogen-bond donors (Lipinski definition) is 2. The van der Waals surface area contributed by atoms with Gasteiger partial charge in [0.2, 0.25) is 0 Å². The van der Waals surface area contributed by atoms with Crippen molar-refractivity contribution < 1.29 is 18.6 Å². The molecule has 0 aliphatic rings. The molecule has 1 rings (SSSR count). The summed E-state index contributed by atoms with van der Waals surface area (Å²) in [5, 5.41) is 12.1. The molecule has 0 saturated heterocycles. The van der Waals surface area contributed by atoms with Crippen LogP contribution in [-0.2, 0) is 0 Å². The molecule has 1 aromatic carbocycles. The Bertz CT molecular complexity index is 358. The van der Waals surface area contributed by atoms with E-state index in [0.29, 0.717) is 0 Å². The van der Waals surface area contributed by atoms with Crippen LogP contribution in [0.2, 0.25) is 0 Å². The van der Waals surface area contributed by atoms with Gasteiger partial charge in [0.1, 0.15) is 12.4 Å². The number of halogens is 2. The first-order valence-corrected chi connectivity index (χ1v) is 5.47. The van der Waals surface area contributed by atoms with Crippen LogP contribution >= 0.6 is 0 Å². The molecule has 1 atom stereocenters. The maximum atomic E-state index is 13.2. The van der Waals surface area contributed by atoms with Crippen LogP contribution in [-0.4, -0.2) is 30.4 Å². The summed E-state index contributed by atoms with van der Waals surface area (Å²) in [6.07, 6.45) is 0. The zero-order valence-corrected chi connectivity index (χ0v) is 9.91. The van der Waals surface area contributed by atoms with Crippen molar-refractivity contribution in [2.24, 2.45) is 0 Å². The Kier molecular flexibility index (Phi) is 5.31. The van der Waals surface area contributed by atoms with Crippen LogP contribution in [0.25, 0.3) is 0 Å². The number of ether oxygens (including phenoxy) is 1. The molecular weight excluding hydrogens is 228 g/mol. The van der Waals surface area contributed by atoms with Gasteiger partial charge in [0, 0.05) is 12.1 Å². The number of nitrogens with one attached hydrogen (secondary N) is 1. The lowest BCUT2D eigenvalue weighted by Gasteiger charge is -2.19. The van der Waals surface area contributed by atoms with Crippen LogP contribution < -0.4 is 10.1 Å². The minimum Gasteiger partial charge on any atom is -0.489 e. The molecule has 0 aliphatic heterocycles. The first-order valence-electron chi connectivity index (χ1n) is 5.47. The van der Waals surface area contributed by atoms with Gasteiger partial charge in [-0.1, -0.05) is 13.8 Å². The first kappa shape index (κ1) is 13.9. The van der Waals surface area contributed by atoms with Gasteiger partial charge in [-0.05, 0) is 12.1 Å². The fraction of sp³-hybridized carbons (Fsp3) is 0.500. The third-order valence-corrected chi connectivity index (χ3v) is 2.12. The zero-order chi connectivity index (χ0) is 12.8. The monoisotopic (exact) mass is 245 g/mol. The van der Waals surface area contributed by atoms with Gasteiger partial charge in [-0.25, -0.2) is 8.78 Å². The van der Waals surface area contributed by atoms with Crippen LogP contribution in [0.3, 0.4) is 0 Å². The highest BCUT2D eigenvalue weighted by atomic mass is 19.1. The summed E-state index contributed by atoms with van der Waals surface area (Å²) in [6, 6.07) is 3.03. The summed E-state index contributed by atoms with van der Waals surface area (Å²) in [5.74, 6) is -1.41. The largest absolute Gasteiger partial charge is 0.489 e. The molecule has 0 heterocycles. The average molecular weight is 245 g/mol. The molecule has 1 unspecified atom stereocenters. The fourth-order valence-electron chi connectivity index (χ4n) is 1.41. The van der Waals surface area contributed by atoms with Gasteiger partial charge in [0.05, 0.1) is 12.6 Å². The van der Waals surface area contributed by atoms with Crippen molar-refractivity contribution in [1.82, 2.24) is 5.32 Å². The van der Waals surface area contributed by atoms with Crippen LogP contribution in [0, 0.1) is 11.6 Å². The summed E-state index contributed by atoms with van der Waals surface area (Å²) in [5.41, 5.74) is 0. The molecule has 96 valence electrons. The van der Waals surface area contributed by atoms with Gasteiger partial charge in [0.25, 0.3) is 0 Å². The van der Waals surface area contributed by atoms with E-state index >= 15 is 0 Å². The second-order valence-electron chi connectivity index (χ2n) is 4.09. The number of benzene rings is 1. The second kappa shape index (κ2) is 6.51. The van der Waals surface area contributed by atoms with E-state index in [1.54, 1.807) is 0 Å². The van der Waals surface area contributed by atoms with Gasteiger partial charge in [-0.3, -0.25) is 0 Å². The fourth-order valence-corrected chi connectivity index (χ4v) is 1.41. The molecule has 5 heteroatoms. The first-order chi connectivity index (χ1) is 8.02. The molecular formula is C12H17F2NO2. The zero-order valence-electron chi connectivity index (χ0n) is 9.91. The van der Waals surface area contributed by atoms with Crippen LogP contribution in [0.4, 0.5) is 8.78 Å². The van der Waals surface area contributed by atoms with Gasteiger partial charge in [-0.2, -0.15) is 0 Å². The van der Waals surface area contributed by atoms with Crippen molar-refractivity contribution in [2.45, 2.75) is 25.9 Å². The minimum atomic E-state index is -0.744. The average Bonchev–Trinajstić information content (AvgIpc) is 2.25. The Hall–Kier alpha value is -1.20. The van der Waals surface area contributed by atoms with Crippen molar-refractivity contribution in [3.63, 3.8) is 0 Å². The van der Waals surface area contributed by atoms with Gasteiger partial charge in [0.15, 0.2) is 11.6 Å². The van der Waals surface area contributed by atoms with E-state index in [1.165, 1.54) is 6.07 Å². The lowest BCUT2D eigenvalue weighted by atomic mass is 10.2. The molecule has 3 nitrogen and oxygen atoms in total. The van der Waals surface area contributed by atoms with Gasteiger partial charge >= 0.3 is 0 Å². The summed E-state index contributed by atoms with van der Waals surface area (Å²) < 4.78 is 31.0. The molecule has 0 bridgehead atoms. The third-order valence-electron chi connectivity index (χ3n) is 2.12. The maximum Gasteiger partial charge on any atom is 0.167 e. The summed E-state index contributed by atoms with van der Waals surface area (Å²) in [6.45, 7) is 3.88. The molecule has 17 heavy (non-hydrogen) atoms. The van der Waals surface area contributed by atoms with Crippen molar-refractivity contribution in [3.05, 3.63) is 29.8 Å². The Balaban J connectivity index is 2.53. The molecule has 0 saturated carbocycles.